The van der Waals surface area contributed by atoms with Crippen LogP contribution in [0, 0.1) is 0 Å². The van der Waals surface area contributed by atoms with Crippen molar-refractivity contribution in [2.75, 3.05) is 6.54 Å². The zero-order chi connectivity index (χ0) is 12.2. The van der Waals surface area contributed by atoms with Gasteiger partial charge in [0.05, 0.1) is 12.1 Å². The van der Waals surface area contributed by atoms with E-state index in [1.54, 1.807) is 5.38 Å². The van der Waals surface area contributed by atoms with Crippen molar-refractivity contribution in [2.45, 2.75) is 38.9 Å². The zero-order valence-corrected chi connectivity index (χ0v) is 10.1. The van der Waals surface area contributed by atoms with E-state index in [4.69, 9.17) is 0 Å². The normalized spacial score (nSPS) is 14.1. The number of rotatable bonds is 5. The summed E-state index contributed by atoms with van der Waals surface area (Å²) in [6.45, 7) is 4.78. The van der Waals surface area contributed by atoms with Crippen molar-refractivity contribution in [1.82, 2.24) is 10.3 Å². The van der Waals surface area contributed by atoms with Gasteiger partial charge in [0.2, 0.25) is 0 Å². The molecule has 1 aromatic rings. The molecule has 0 spiro atoms. The van der Waals surface area contributed by atoms with Crippen LogP contribution >= 0.6 is 11.3 Å². The minimum Gasteiger partial charge on any atom is -0.309 e. The molecule has 1 rings (SSSR count). The summed E-state index contributed by atoms with van der Waals surface area (Å²) in [5, 5.41) is 5.01. The molecule has 2 nitrogen and oxygen atoms in total. The predicted molar refractivity (Wildman–Crippen MR) is 58.6 cm³/mol. The first-order valence-electron chi connectivity index (χ1n) is 5.17. The lowest BCUT2D eigenvalue weighted by atomic mass is 10.2. The molecule has 1 unspecified atom stereocenters. The van der Waals surface area contributed by atoms with E-state index in [1.807, 2.05) is 13.8 Å². The molecule has 1 atom stereocenters. The molecule has 1 N–H and O–H groups in total. The molecule has 92 valence electrons. The number of nitrogens with one attached hydrogen (secondary N) is 1. The minimum absolute atomic E-state index is 0.0122. The lowest BCUT2D eigenvalue weighted by molar-refractivity contribution is -0.127. The van der Waals surface area contributed by atoms with Crippen molar-refractivity contribution in [3.8, 4) is 0 Å². The number of aromatic nitrogens is 1. The molecule has 0 bridgehead atoms. The Hall–Kier alpha value is -0.620. The third-order valence-corrected chi connectivity index (χ3v) is 2.93. The molecule has 0 amide bonds. The van der Waals surface area contributed by atoms with Gasteiger partial charge in [-0.2, -0.15) is 13.2 Å². The van der Waals surface area contributed by atoms with Gasteiger partial charge >= 0.3 is 6.18 Å². The van der Waals surface area contributed by atoms with Crippen LogP contribution in [0.3, 0.4) is 0 Å². The van der Waals surface area contributed by atoms with Crippen LogP contribution in [0.4, 0.5) is 13.2 Å². The van der Waals surface area contributed by atoms with Crippen LogP contribution in [0.2, 0.25) is 0 Å². The highest BCUT2D eigenvalue weighted by molar-refractivity contribution is 7.09. The van der Waals surface area contributed by atoms with Crippen LogP contribution < -0.4 is 5.32 Å². The molecule has 0 aliphatic heterocycles. The molecule has 0 radical (unpaired) electrons. The molecule has 1 heterocycles. The fraction of sp³-hybridized carbons (Fsp3) is 0.700. The summed E-state index contributed by atoms with van der Waals surface area (Å²) in [5.41, 5.74) is 0.692. The molecular formula is C10H15F3N2S. The van der Waals surface area contributed by atoms with E-state index in [2.05, 4.69) is 10.3 Å². The molecule has 16 heavy (non-hydrogen) atoms. The maximum absolute atomic E-state index is 12.1. The second-order valence-electron chi connectivity index (χ2n) is 3.63. The van der Waals surface area contributed by atoms with Crippen LogP contribution in [0.1, 0.15) is 37.0 Å². The highest BCUT2D eigenvalue weighted by atomic mass is 32.1. The van der Waals surface area contributed by atoms with Crippen molar-refractivity contribution in [2.24, 2.45) is 0 Å². The van der Waals surface area contributed by atoms with Gasteiger partial charge in [-0.3, -0.25) is 0 Å². The van der Waals surface area contributed by atoms with Gasteiger partial charge in [0.15, 0.2) is 0 Å². The predicted octanol–water partition coefficient (Wildman–Crippen LogP) is 3.31. The number of thiazole rings is 1. The Bertz CT molecular complexity index is 322. The van der Waals surface area contributed by atoms with E-state index < -0.39 is 12.6 Å². The van der Waals surface area contributed by atoms with Crippen LogP contribution in [0.25, 0.3) is 0 Å². The average Bonchev–Trinajstić information content (AvgIpc) is 2.59. The SMILES string of the molecule is CCCNC(C)c1csc(CC(F)(F)F)n1. The van der Waals surface area contributed by atoms with Crippen LogP contribution in [0.5, 0.6) is 0 Å². The molecule has 0 saturated carbocycles. The summed E-state index contributed by atoms with van der Waals surface area (Å²) in [6, 6.07) is 0.0122. The molecule has 0 fully saturated rings. The molecule has 0 aliphatic carbocycles. The highest BCUT2D eigenvalue weighted by Crippen LogP contribution is 2.25. The van der Waals surface area contributed by atoms with Gasteiger partial charge in [0.25, 0.3) is 0 Å². The second-order valence-corrected chi connectivity index (χ2v) is 4.58. The first-order chi connectivity index (χ1) is 7.42. The zero-order valence-electron chi connectivity index (χ0n) is 9.27. The highest BCUT2D eigenvalue weighted by Gasteiger charge is 2.29. The van der Waals surface area contributed by atoms with Gasteiger partial charge in [0.1, 0.15) is 5.01 Å². The lowest BCUT2D eigenvalue weighted by Gasteiger charge is -2.09. The molecule has 0 saturated heterocycles. The number of nitrogens with zero attached hydrogens (tertiary/aromatic N) is 1. The molecule has 6 heteroatoms. The van der Waals surface area contributed by atoms with Gasteiger partial charge in [0, 0.05) is 11.4 Å². The third-order valence-electron chi connectivity index (χ3n) is 2.07. The first-order valence-corrected chi connectivity index (χ1v) is 6.04. The van der Waals surface area contributed by atoms with Gasteiger partial charge in [-0.1, -0.05) is 6.92 Å². The minimum atomic E-state index is -4.17. The second kappa shape index (κ2) is 5.63. The van der Waals surface area contributed by atoms with E-state index in [1.165, 1.54) is 0 Å². The number of halogens is 3. The quantitative estimate of drug-likeness (QED) is 0.869. The Kier molecular flexibility index (Phi) is 4.73. The van der Waals surface area contributed by atoms with Crippen LogP contribution in [-0.4, -0.2) is 17.7 Å². The van der Waals surface area contributed by atoms with E-state index in [0.29, 0.717) is 5.69 Å². The van der Waals surface area contributed by atoms with Crippen LogP contribution in [-0.2, 0) is 6.42 Å². The molecular weight excluding hydrogens is 237 g/mol. The Labute approximate surface area is 96.9 Å². The fourth-order valence-corrected chi connectivity index (χ4v) is 2.16. The van der Waals surface area contributed by atoms with Gasteiger partial charge in [-0.15, -0.1) is 11.3 Å². The van der Waals surface area contributed by atoms with E-state index in [-0.39, 0.29) is 11.0 Å². The Balaban J connectivity index is 2.57. The third kappa shape index (κ3) is 4.49. The standard InChI is InChI=1S/C10H15F3N2S/c1-3-4-14-7(2)8-6-16-9(15-8)5-10(11,12)13/h6-7,14H,3-5H2,1-2H3. The van der Waals surface area contributed by atoms with Crippen molar-refractivity contribution in [3.05, 3.63) is 16.1 Å². The lowest BCUT2D eigenvalue weighted by Crippen LogP contribution is -2.19. The van der Waals surface area contributed by atoms with Crippen molar-refractivity contribution < 1.29 is 13.2 Å². The summed E-state index contributed by atoms with van der Waals surface area (Å²) in [5.74, 6) is 0. The Morgan fingerprint density at radius 3 is 2.75 bits per heavy atom. The van der Waals surface area contributed by atoms with Gasteiger partial charge in [-0.05, 0) is 19.9 Å². The summed E-state index contributed by atoms with van der Waals surface area (Å²) in [7, 11) is 0. The molecule has 1 aromatic heterocycles. The van der Waals surface area contributed by atoms with Crippen molar-refractivity contribution in [1.29, 1.82) is 0 Å². The van der Waals surface area contributed by atoms with Crippen molar-refractivity contribution in [3.63, 3.8) is 0 Å². The summed E-state index contributed by atoms with van der Waals surface area (Å²) >= 11 is 1.07. The Morgan fingerprint density at radius 2 is 2.19 bits per heavy atom. The fourth-order valence-electron chi connectivity index (χ4n) is 1.24. The smallest absolute Gasteiger partial charge is 0.309 e. The maximum Gasteiger partial charge on any atom is 0.395 e. The molecule has 0 aliphatic rings. The van der Waals surface area contributed by atoms with Gasteiger partial charge in [-0.25, -0.2) is 4.98 Å². The summed E-state index contributed by atoms with van der Waals surface area (Å²) in [6.07, 6.45) is -4.11. The van der Waals surface area contributed by atoms with Crippen molar-refractivity contribution >= 4 is 11.3 Å². The largest absolute Gasteiger partial charge is 0.395 e. The van der Waals surface area contributed by atoms with E-state index in [9.17, 15) is 13.2 Å². The maximum atomic E-state index is 12.1. The monoisotopic (exact) mass is 252 g/mol. The topological polar surface area (TPSA) is 24.9 Å². The molecule has 0 aromatic carbocycles. The summed E-state index contributed by atoms with van der Waals surface area (Å²) in [4.78, 5) is 3.98. The summed E-state index contributed by atoms with van der Waals surface area (Å²) < 4.78 is 36.3. The van der Waals surface area contributed by atoms with E-state index in [0.717, 1.165) is 24.3 Å². The number of alkyl halides is 3. The Morgan fingerprint density at radius 1 is 1.50 bits per heavy atom. The first kappa shape index (κ1) is 13.4. The van der Waals surface area contributed by atoms with E-state index >= 15 is 0 Å². The number of hydrogen-bond donors (Lipinski definition) is 1. The number of hydrogen-bond acceptors (Lipinski definition) is 3. The average molecular weight is 252 g/mol. The van der Waals surface area contributed by atoms with Gasteiger partial charge < -0.3 is 5.32 Å². The van der Waals surface area contributed by atoms with Crippen LogP contribution in [0.15, 0.2) is 5.38 Å².